The number of aromatic nitrogens is 1. The molecule has 0 radical (unpaired) electrons. The summed E-state index contributed by atoms with van der Waals surface area (Å²) >= 11 is 1.38. The second kappa shape index (κ2) is 6.34. The molecule has 0 spiro atoms. The van der Waals surface area contributed by atoms with Crippen molar-refractivity contribution in [3.05, 3.63) is 11.1 Å². The van der Waals surface area contributed by atoms with Gasteiger partial charge in [-0.3, -0.25) is 10.1 Å². The molecule has 2 amide bonds. The van der Waals surface area contributed by atoms with Crippen LogP contribution in [0.4, 0.5) is 9.93 Å². The van der Waals surface area contributed by atoms with Crippen LogP contribution < -0.4 is 5.32 Å². The standard InChI is InChI=1S/C11H17N3O3S/c1-4-14(6-7(2)9(15)16)11(17)13-10-12-5-8(3)18-10/h5,7H,4,6H2,1-3H3,(H,15,16)(H,12,13,17). The third-order valence-electron chi connectivity index (χ3n) is 2.42. The molecule has 0 fully saturated rings. The van der Waals surface area contributed by atoms with Gasteiger partial charge in [-0.1, -0.05) is 6.92 Å². The Hall–Kier alpha value is -1.63. The number of carboxylic acids is 1. The summed E-state index contributed by atoms with van der Waals surface area (Å²) in [5.41, 5.74) is 0. The molecule has 1 aromatic rings. The average Bonchev–Trinajstić information content (AvgIpc) is 2.70. The average molecular weight is 271 g/mol. The summed E-state index contributed by atoms with van der Waals surface area (Å²) in [5.74, 6) is -1.50. The molecule has 7 heteroatoms. The highest BCUT2D eigenvalue weighted by atomic mass is 32.1. The van der Waals surface area contributed by atoms with Crippen LogP contribution in [0.3, 0.4) is 0 Å². The maximum atomic E-state index is 11.9. The number of rotatable bonds is 5. The minimum atomic E-state index is -0.911. The van der Waals surface area contributed by atoms with Gasteiger partial charge in [0.25, 0.3) is 0 Å². The Labute approximate surface area is 110 Å². The summed E-state index contributed by atoms with van der Waals surface area (Å²) in [4.78, 5) is 29.2. The monoisotopic (exact) mass is 271 g/mol. The van der Waals surface area contributed by atoms with Crippen molar-refractivity contribution in [2.24, 2.45) is 5.92 Å². The first-order chi connectivity index (χ1) is 8.43. The van der Waals surface area contributed by atoms with Crippen molar-refractivity contribution in [1.29, 1.82) is 0 Å². The molecule has 0 aromatic carbocycles. The van der Waals surface area contributed by atoms with Crippen LogP contribution in [0.15, 0.2) is 6.20 Å². The molecule has 1 heterocycles. The van der Waals surface area contributed by atoms with Gasteiger partial charge in [-0.05, 0) is 13.8 Å². The predicted molar refractivity (Wildman–Crippen MR) is 69.9 cm³/mol. The first kappa shape index (κ1) is 14.4. The van der Waals surface area contributed by atoms with E-state index in [9.17, 15) is 9.59 Å². The van der Waals surface area contributed by atoms with Crippen molar-refractivity contribution in [1.82, 2.24) is 9.88 Å². The van der Waals surface area contributed by atoms with E-state index in [2.05, 4.69) is 10.3 Å². The number of carboxylic acid groups (broad SMARTS) is 1. The zero-order chi connectivity index (χ0) is 13.7. The highest BCUT2D eigenvalue weighted by Crippen LogP contribution is 2.17. The minimum absolute atomic E-state index is 0.183. The van der Waals surface area contributed by atoms with Crippen molar-refractivity contribution in [3.8, 4) is 0 Å². The Kier molecular flexibility index (Phi) is 5.08. The minimum Gasteiger partial charge on any atom is -0.481 e. The van der Waals surface area contributed by atoms with E-state index >= 15 is 0 Å². The van der Waals surface area contributed by atoms with Gasteiger partial charge in [0.05, 0.1) is 5.92 Å². The Morgan fingerprint density at radius 3 is 2.72 bits per heavy atom. The SMILES string of the molecule is CCN(CC(C)C(=O)O)C(=O)Nc1ncc(C)s1. The molecule has 0 aliphatic carbocycles. The lowest BCUT2D eigenvalue weighted by atomic mass is 10.2. The normalized spacial score (nSPS) is 11.9. The summed E-state index contributed by atoms with van der Waals surface area (Å²) in [6.07, 6.45) is 1.68. The number of nitrogens with zero attached hydrogens (tertiary/aromatic N) is 2. The Bertz CT molecular complexity index is 433. The number of thiazole rings is 1. The Balaban J connectivity index is 2.59. The van der Waals surface area contributed by atoms with Crippen molar-refractivity contribution in [2.75, 3.05) is 18.4 Å². The number of hydrogen-bond donors (Lipinski definition) is 2. The quantitative estimate of drug-likeness (QED) is 0.858. The smallest absolute Gasteiger partial charge is 0.323 e. The van der Waals surface area contributed by atoms with Crippen molar-refractivity contribution >= 4 is 28.5 Å². The lowest BCUT2D eigenvalue weighted by Crippen LogP contribution is -2.39. The number of aryl methyl sites for hydroxylation is 1. The number of urea groups is 1. The van der Waals surface area contributed by atoms with E-state index in [-0.39, 0.29) is 12.6 Å². The number of aliphatic carboxylic acids is 1. The van der Waals surface area contributed by atoms with Gasteiger partial charge in [0.15, 0.2) is 5.13 Å². The van der Waals surface area contributed by atoms with Crippen molar-refractivity contribution in [2.45, 2.75) is 20.8 Å². The number of nitrogens with one attached hydrogen (secondary N) is 1. The number of carbonyl (C=O) groups excluding carboxylic acids is 1. The lowest BCUT2D eigenvalue weighted by molar-refractivity contribution is -0.141. The molecule has 6 nitrogen and oxygen atoms in total. The van der Waals surface area contributed by atoms with Crippen LogP contribution in [0, 0.1) is 12.8 Å². The van der Waals surface area contributed by atoms with Gasteiger partial charge in [-0.15, -0.1) is 11.3 Å². The number of anilines is 1. The van der Waals surface area contributed by atoms with Crippen molar-refractivity contribution < 1.29 is 14.7 Å². The second-order valence-corrected chi connectivity index (χ2v) is 5.22. The van der Waals surface area contributed by atoms with E-state index in [0.717, 1.165) is 4.88 Å². The third-order valence-corrected chi connectivity index (χ3v) is 3.25. The molecule has 18 heavy (non-hydrogen) atoms. The molecule has 1 aromatic heterocycles. The van der Waals surface area contributed by atoms with Crippen LogP contribution in [0.25, 0.3) is 0 Å². The van der Waals surface area contributed by atoms with Crippen LogP contribution in [-0.4, -0.2) is 40.1 Å². The van der Waals surface area contributed by atoms with E-state index in [4.69, 9.17) is 5.11 Å². The number of amides is 2. The maximum Gasteiger partial charge on any atom is 0.323 e. The summed E-state index contributed by atoms with van der Waals surface area (Å²) in [6, 6.07) is -0.319. The Morgan fingerprint density at radius 1 is 1.61 bits per heavy atom. The van der Waals surface area contributed by atoms with Gasteiger partial charge in [-0.25, -0.2) is 9.78 Å². The molecule has 0 aliphatic heterocycles. The number of carbonyl (C=O) groups is 2. The van der Waals surface area contributed by atoms with E-state index in [1.54, 1.807) is 20.0 Å². The lowest BCUT2D eigenvalue weighted by Gasteiger charge is -2.22. The van der Waals surface area contributed by atoms with Gasteiger partial charge in [0, 0.05) is 24.2 Å². The molecule has 1 rings (SSSR count). The second-order valence-electron chi connectivity index (χ2n) is 3.98. The Morgan fingerprint density at radius 2 is 2.28 bits per heavy atom. The van der Waals surface area contributed by atoms with Gasteiger partial charge in [-0.2, -0.15) is 0 Å². The van der Waals surface area contributed by atoms with Crippen LogP contribution in [-0.2, 0) is 4.79 Å². The molecule has 0 bridgehead atoms. The fourth-order valence-electron chi connectivity index (χ4n) is 1.35. The predicted octanol–water partition coefficient (Wildman–Crippen LogP) is 2.03. The molecular formula is C11H17N3O3S. The molecule has 2 N–H and O–H groups in total. The van der Waals surface area contributed by atoms with Crippen LogP contribution in [0.1, 0.15) is 18.7 Å². The molecule has 0 aliphatic rings. The van der Waals surface area contributed by atoms with E-state index in [1.165, 1.54) is 16.2 Å². The largest absolute Gasteiger partial charge is 0.481 e. The highest BCUT2D eigenvalue weighted by Gasteiger charge is 2.19. The van der Waals surface area contributed by atoms with Gasteiger partial charge < -0.3 is 10.0 Å². The molecule has 100 valence electrons. The summed E-state index contributed by atoms with van der Waals surface area (Å²) in [5, 5.41) is 12.0. The number of hydrogen-bond acceptors (Lipinski definition) is 4. The molecule has 0 saturated heterocycles. The maximum absolute atomic E-state index is 11.9. The van der Waals surface area contributed by atoms with E-state index in [0.29, 0.717) is 11.7 Å². The molecule has 0 saturated carbocycles. The summed E-state index contributed by atoms with van der Waals surface area (Å²) in [6.45, 7) is 5.92. The first-order valence-corrected chi connectivity index (χ1v) is 6.46. The molecule has 1 atom stereocenters. The zero-order valence-electron chi connectivity index (χ0n) is 10.6. The third kappa shape index (κ3) is 3.99. The molecule has 1 unspecified atom stereocenters. The van der Waals surface area contributed by atoms with Crippen LogP contribution in [0.5, 0.6) is 0 Å². The van der Waals surface area contributed by atoms with E-state index < -0.39 is 11.9 Å². The summed E-state index contributed by atoms with van der Waals surface area (Å²) in [7, 11) is 0. The highest BCUT2D eigenvalue weighted by molar-refractivity contribution is 7.15. The van der Waals surface area contributed by atoms with Gasteiger partial charge >= 0.3 is 12.0 Å². The fraction of sp³-hybridized carbons (Fsp3) is 0.545. The van der Waals surface area contributed by atoms with E-state index in [1.807, 2.05) is 6.92 Å². The topological polar surface area (TPSA) is 82.5 Å². The van der Waals surface area contributed by atoms with Crippen molar-refractivity contribution in [3.63, 3.8) is 0 Å². The van der Waals surface area contributed by atoms with Gasteiger partial charge in [0.2, 0.25) is 0 Å². The molecular weight excluding hydrogens is 254 g/mol. The van der Waals surface area contributed by atoms with Crippen LogP contribution >= 0.6 is 11.3 Å². The fourth-order valence-corrected chi connectivity index (χ4v) is 2.00. The van der Waals surface area contributed by atoms with Gasteiger partial charge in [0.1, 0.15) is 0 Å². The van der Waals surface area contributed by atoms with Crippen LogP contribution in [0.2, 0.25) is 0 Å². The zero-order valence-corrected chi connectivity index (χ0v) is 11.5. The summed E-state index contributed by atoms with van der Waals surface area (Å²) < 4.78 is 0. The first-order valence-electron chi connectivity index (χ1n) is 5.65.